The Balaban J connectivity index is 2.56. The highest BCUT2D eigenvalue weighted by atomic mass is 16.6. The van der Waals surface area contributed by atoms with Crippen molar-refractivity contribution < 1.29 is 19.1 Å². The van der Waals surface area contributed by atoms with Gasteiger partial charge < -0.3 is 14.8 Å². The molecule has 22 heavy (non-hydrogen) atoms. The van der Waals surface area contributed by atoms with Gasteiger partial charge in [0.15, 0.2) is 0 Å². The molecule has 0 radical (unpaired) electrons. The molecule has 1 aromatic rings. The van der Waals surface area contributed by atoms with Crippen LogP contribution in [-0.2, 0) is 20.9 Å². The zero-order valence-electron chi connectivity index (χ0n) is 13.1. The van der Waals surface area contributed by atoms with Crippen LogP contribution in [0.25, 0.3) is 0 Å². The molecule has 5 nitrogen and oxygen atoms in total. The number of benzene rings is 1. The number of carbonyl (C=O) groups is 2. The van der Waals surface area contributed by atoms with Crippen molar-refractivity contribution in [3.63, 3.8) is 0 Å². The van der Waals surface area contributed by atoms with Gasteiger partial charge in [-0.3, -0.25) is 0 Å². The molecule has 1 rings (SSSR count). The third-order valence-corrected chi connectivity index (χ3v) is 2.52. The van der Waals surface area contributed by atoms with Gasteiger partial charge in [-0.05, 0) is 26.3 Å². The first-order chi connectivity index (χ1) is 10.3. The number of terminal acetylenes is 1. The molecule has 0 unspecified atom stereocenters. The van der Waals surface area contributed by atoms with Crippen LogP contribution in [0, 0.1) is 12.3 Å². The molecule has 0 spiro atoms. The summed E-state index contributed by atoms with van der Waals surface area (Å²) in [6.45, 7) is 5.32. The van der Waals surface area contributed by atoms with Gasteiger partial charge in [0.25, 0.3) is 0 Å². The van der Waals surface area contributed by atoms with Crippen molar-refractivity contribution in [2.75, 3.05) is 0 Å². The fraction of sp³-hybridized carbons (Fsp3) is 0.412. The van der Waals surface area contributed by atoms with Crippen LogP contribution in [0.15, 0.2) is 30.3 Å². The van der Waals surface area contributed by atoms with E-state index >= 15 is 0 Å². The van der Waals surface area contributed by atoms with E-state index in [4.69, 9.17) is 15.9 Å². The minimum Gasteiger partial charge on any atom is -0.459 e. The van der Waals surface area contributed by atoms with Crippen molar-refractivity contribution in [2.45, 2.75) is 45.4 Å². The first-order valence-electron chi connectivity index (χ1n) is 6.95. The maximum Gasteiger partial charge on any atom is 0.408 e. The van der Waals surface area contributed by atoms with Gasteiger partial charge in [-0.2, -0.15) is 0 Å². The molecule has 0 fully saturated rings. The molecule has 1 N–H and O–H groups in total. The van der Waals surface area contributed by atoms with E-state index in [1.807, 2.05) is 30.3 Å². The van der Waals surface area contributed by atoms with E-state index in [0.717, 1.165) is 5.56 Å². The molecule has 0 aliphatic carbocycles. The number of carbonyl (C=O) groups excluding carboxylic acids is 2. The smallest absolute Gasteiger partial charge is 0.408 e. The molecule has 0 aliphatic heterocycles. The summed E-state index contributed by atoms with van der Waals surface area (Å²) in [5.74, 6) is 1.75. The van der Waals surface area contributed by atoms with E-state index in [0.29, 0.717) is 0 Å². The van der Waals surface area contributed by atoms with Crippen molar-refractivity contribution in [1.29, 1.82) is 0 Å². The SMILES string of the molecule is C#CC[C@@H](NC(=O)OC(C)(C)C)C(=O)OCc1ccccc1. The van der Waals surface area contributed by atoms with Crippen LogP contribution >= 0.6 is 0 Å². The number of amides is 1. The van der Waals surface area contributed by atoms with Crippen LogP contribution < -0.4 is 5.32 Å². The average molecular weight is 303 g/mol. The quantitative estimate of drug-likeness (QED) is 0.671. The van der Waals surface area contributed by atoms with Gasteiger partial charge in [-0.1, -0.05) is 30.3 Å². The lowest BCUT2D eigenvalue weighted by atomic mass is 10.2. The highest BCUT2D eigenvalue weighted by Gasteiger charge is 2.24. The highest BCUT2D eigenvalue weighted by molar-refractivity contribution is 5.81. The molecule has 0 heterocycles. The molecule has 1 aromatic carbocycles. The Kier molecular flexibility index (Phi) is 6.46. The van der Waals surface area contributed by atoms with E-state index in [1.54, 1.807) is 20.8 Å². The number of hydrogen-bond donors (Lipinski definition) is 1. The summed E-state index contributed by atoms with van der Waals surface area (Å²) in [4.78, 5) is 23.7. The van der Waals surface area contributed by atoms with Crippen LogP contribution in [0.1, 0.15) is 32.8 Å². The van der Waals surface area contributed by atoms with Gasteiger partial charge in [0.1, 0.15) is 18.2 Å². The molecule has 1 amide bonds. The zero-order chi connectivity index (χ0) is 16.6. The van der Waals surface area contributed by atoms with Crippen molar-refractivity contribution in [3.8, 4) is 12.3 Å². The molecule has 1 atom stereocenters. The largest absolute Gasteiger partial charge is 0.459 e. The molecule has 0 aromatic heterocycles. The minimum absolute atomic E-state index is 0.0346. The van der Waals surface area contributed by atoms with Crippen LogP contribution in [0.4, 0.5) is 4.79 Å². The molecule has 0 saturated heterocycles. The van der Waals surface area contributed by atoms with Crippen LogP contribution in [-0.4, -0.2) is 23.7 Å². The van der Waals surface area contributed by atoms with Crippen molar-refractivity contribution in [1.82, 2.24) is 5.32 Å². The Hall–Kier alpha value is -2.48. The van der Waals surface area contributed by atoms with E-state index in [1.165, 1.54) is 0 Å². The van der Waals surface area contributed by atoms with Gasteiger partial charge in [0.2, 0.25) is 0 Å². The lowest BCUT2D eigenvalue weighted by molar-refractivity contribution is -0.147. The van der Waals surface area contributed by atoms with Gasteiger partial charge in [0.05, 0.1) is 0 Å². The molecule has 0 bridgehead atoms. The van der Waals surface area contributed by atoms with Crippen molar-refractivity contribution >= 4 is 12.1 Å². The second-order valence-corrected chi connectivity index (χ2v) is 5.70. The summed E-state index contributed by atoms with van der Waals surface area (Å²) in [6.07, 6.45) is 4.56. The summed E-state index contributed by atoms with van der Waals surface area (Å²) >= 11 is 0. The first kappa shape index (κ1) is 17.6. The lowest BCUT2D eigenvalue weighted by Gasteiger charge is -2.22. The molecular weight excluding hydrogens is 282 g/mol. The first-order valence-corrected chi connectivity index (χ1v) is 6.95. The van der Waals surface area contributed by atoms with Gasteiger partial charge in [0, 0.05) is 6.42 Å². The maximum absolute atomic E-state index is 12.0. The Morgan fingerprint density at radius 3 is 2.45 bits per heavy atom. The fourth-order valence-corrected chi connectivity index (χ4v) is 1.59. The number of hydrogen-bond acceptors (Lipinski definition) is 4. The van der Waals surface area contributed by atoms with Crippen LogP contribution in [0.3, 0.4) is 0 Å². The number of rotatable bonds is 5. The Morgan fingerprint density at radius 1 is 1.27 bits per heavy atom. The molecular formula is C17H21NO4. The predicted molar refractivity (Wildman–Crippen MR) is 82.8 cm³/mol. The van der Waals surface area contributed by atoms with Gasteiger partial charge in [-0.15, -0.1) is 12.3 Å². The lowest BCUT2D eigenvalue weighted by Crippen LogP contribution is -2.44. The zero-order valence-corrected chi connectivity index (χ0v) is 13.1. The van der Waals surface area contributed by atoms with E-state index in [9.17, 15) is 9.59 Å². The molecule has 0 aliphatic rings. The summed E-state index contributed by atoms with van der Waals surface area (Å²) in [7, 11) is 0. The second-order valence-electron chi connectivity index (χ2n) is 5.70. The second kappa shape index (κ2) is 8.08. The Labute approximate surface area is 131 Å². The number of esters is 1. The summed E-state index contributed by atoms with van der Waals surface area (Å²) < 4.78 is 10.3. The van der Waals surface area contributed by atoms with E-state index < -0.39 is 23.7 Å². The topological polar surface area (TPSA) is 64.6 Å². The van der Waals surface area contributed by atoms with Gasteiger partial charge in [-0.25, -0.2) is 9.59 Å². The number of ether oxygens (including phenoxy) is 2. The predicted octanol–water partition coefficient (Wildman–Crippen LogP) is 2.65. The summed E-state index contributed by atoms with van der Waals surface area (Å²) in [5, 5.41) is 2.43. The monoisotopic (exact) mass is 303 g/mol. The third kappa shape index (κ3) is 6.80. The van der Waals surface area contributed by atoms with E-state index in [-0.39, 0.29) is 13.0 Å². The van der Waals surface area contributed by atoms with Crippen molar-refractivity contribution in [2.24, 2.45) is 0 Å². The Bertz CT molecular complexity index is 540. The number of alkyl carbamates (subject to hydrolysis) is 1. The average Bonchev–Trinajstić information content (AvgIpc) is 2.43. The standard InChI is InChI=1S/C17H21NO4/c1-5-9-14(18-16(20)22-17(2,3)4)15(19)21-12-13-10-7-6-8-11-13/h1,6-8,10-11,14H,9,12H2,2-4H3,(H,18,20)/t14-/m1/s1. The summed E-state index contributed by atoms with van der Waals surface area (Å²) in [6, 6.07) is 8.32. The maximum atomic E-state index is 12.0. The van der Waals surface area contributed by atoms with Gasteiger partial charge >= 0.3 is 12.1 Å². The van der Waals surface area contributed by atoms with E-state index in [2.05, 4.69) is 11.2 Å². The highest BCUT2D eigenvalue weighted by Crippen LogP contribution is 2.08. The molecule has 0 saturated carbocycles. The van der Waals surface area contributed by atoms with Crippen molar-refractivity contribution in [3.05, 3.63) is 35.9 Å². The molecule has 118 valence electrons. The third-order valence-electron chi connectivity index (χ3n) is 2.52. The van der Waals surface area contributed by atoms with Crippen LogP contribution in [0.2, 0.25) is 0 Å². The molecule has 5 heteroatoms. The number of nitrogens with one attached hydrogen (secondary N) is 1. The normalized spacial score (nSPS) is 11.9. The Morgan fingerprint density at radius 2 is 1.91 bits per heavy atom. The summed E-state index contributed by atoms with van der Waals surface area (Å²) in [5.41, 5.74) is 0.200. The minimum atomic E-state index is -0.927. The fourth-order valence-electron chi connectivity index (χ4n) is 1.59. The van der Waals surface area contributed by atoms with Crippen LogP contribution in [0.5, 0.6) is 0 Å².